The Morgan fingerprint density at radius 2 is 2.10 bits per heavy atom. The molecule has 2 rings (SSSR count). The Morgan fingerprint density at radius 3 is 2.83 bits per heavy atom. The van der Waals surface area contributed by atoms with Crippen LogP contribution in [0, 0.1) is 11.8 Å². The fourth-order valence-electron chi connectivity index (χ4n) is 3.59. The third kappa shape index (κ3) is 8.11. The molecule has 1 saturated carbocycles. The molecule has 1 aromatic carbocycles. The molecule has 1 aromatic rings. The van der Waals surface area contributed by atoms with Crippen LogP contribution in [0.5, 0.6) is 5.75 Å². The van der Waals surface area contributed by atoms with Crippen molar-refractivity contribution < 1.29 is 29.6 Å². The van der Waals surface area contributed by atoms with Crippen molar-refractivity contribution in [3.8, 4) is 5.75 Å². The zero-order chi connectivity index (χ0) is 21.9. The van der Waals surface area contributed by atoms with Crippen LogP contribution >= 0.6 is 11.6 Å². The van der Waals surface area contributed by atoms with E-state index in [-0.39, 0.29) is 24.4 Å². The highest BCUT2D eigenvalue weighted by atomic mass is 35.5. The topological polar surface area (TPSA) is 96.2 Å². The molecule has 0 aromatic heterocycles. The molecule has 0 radical (unpaired) electrons. The van der Waals surface area contributed by atoms with Gasteiger partial charge in [-0.1, -0.05) is 42.0 Å². The molecule has 3 N–H and O–H groups in total. The van der Waals surface area contributed by atoms with Crippen LogP contribution in [0.25, 0.3) is 0 Å². The second kappa shape index (κ2) is 12.7. The second-order valence-electron chi connectivity index (χ2n) is 7.51. The first-order valence-electron chi connectivity index (χ1n) is 10.2. The van der Waals surface area contributed by atoms with E-state index in [1.807, 2.05) is 12.2 Å². The van der Waals surface area contributed by atoms with Gasteiger partial charge in [0, 0.05) is 23.8 Å². The van der Waals surface area contributed by atoms with Crippen molar-refractivity contribution in [1.82, 2.24) is 0 Å². The lowest BCUT2D eigenvalue weighted by molar-refractivity contribution is -0.140. The van der Waals surface area contributed by atoms with Crippen molar-refractivity contribution in [2.24, 2.45) is 11.8 Å². The second-order valence-corrected chi connectivity index (χ2v) is 7.94. The Balaban J connectivity index is 1.81. The Morgan fingerprint density at radius 1 is 1.30 bits per heavy atom. The number of hydrogen-bond donors (Lipinski definition) is 3. The number of unbranched alkanes of at least 4 members (excludes halogenated alkanes) is 1. The highest BCUT2D eigenvalue weighted by Crippen LogP contribution is 2.36. The molecule has 0 aliphatic heterocycles. The number of aliphatic hydroxyl groups excluding tert-OH is 3. The van der Waals surface area contributed by atoms with Crippen LogP contribution in [0.3, 0.4) is 0 Å². The third-order valence-corrected chi connectivity index (χ3v) is 5.48. The number of halogens is 1. The molecule has 1 aliphatic rings. The van der Waals surface area contributed by atoms with E-state index < -0.39 is 18.3 Å². The zero-order valence-electron chi connectivity index (χ0n) is 17.2. The molecule has 1 fully saturated rings. The van der Waals surface area contributed by atoms with Gasteiger partial charge in [-0.2, -0.15) is 0 Å². The average Bonchev–Trinajstić information content (AvgIpc) is 2.99. The summed E-state index contributed by atoms with van der Waals surface area (Å²) in [7, 11) is 1.37. The lowest BCUT2D eigenvalue weighted by Crippen LogP contribution is -2.21. The number of esters is 1. The van der Waals surface area contributed by atoms with Gasteiger partial charge in [-0.05, 0) is 43.4 Å². The summed E-state index contributed by atoms with van der Waals surface area (Å²) in [6.07, 6.45) is 7.98. The number of hydrogen-bond acceptors (Lipinski definition) is 6. The highest BCUT2D eigenvalue weighted by Gasteiger charge is 2.39. The zero-order valence-corrected chi connectivity index (χ0v) is 17.9. The average molecular weight is 439 g/mol. The van der Waals surface area contributed by atoms with Gasteiger partial charge in [0.1, 0.15) is 18.5 Å². The molecule has 166 valence electrons. The SMILES string of the molecule is COC(=O)CCC/C=C\CC1C(O)CC(O)[C@@H]1/C=C/C(O)COc1cccc(Cl)c1. The number of benzene rings is 1. The number of aliphatic hydroxyl groups is 3. The van der Waals surface area contributed by atoms with Crippen LogP contribution in [-0.2, 0) is 9.53 Å². The summed E-state index contributed by atoms with van der Waals surface area (Å²) in [6.45, 7) is 0.0625. The lowest BCUT2D eigenvalue weighted by Gasteiger charge is -2.19. The van der Waals surface area contributed by atoms with Gasteiger partial charge >= 0.3 is 5.97 Å². The first-order chi connectivity index (χ1) is 14.4. The lowest BCUT2D eigenvalue weighted by atomic mass is 9.89. The monoisotopic (exact) mass is 438 g/mol. The molecule has 0 amide bonds. The number of carbonyl (C=O) groups excluding carboxylic acids is 1. The minimum atomic E-state index is -0.844. The molecule has 6 nitrogen and oxygen atoms in total. The van der Waals surface area contributed by atoms with Crippen molar-refractivity contribution in [2.45, 2.75) is 50.4 Å². The predicted molar refractivity (Wildman–Crippen MR) is 115 cm³/mol. The number of allylic oxidation sites excluding steroid dienone is 2. The van der Waals surface area contributed by atoms with Gasteiger partial charge in [0.05, 0.1) is 19.3 Å². The molecule has 1 aliphatic carbocycles. The molecule has 5 atom stereocenters. The Bertz CT molecular complexity index is 719. The Hall–Kier alpha value is -1.86. The van der Waals surface area contributed by atoms with Crippen LogP contribution < -0.4 is 4.74 Å². The van der Waals surface area contributed by atoms with E-state index in [1.165, 1.54) is 7.11 Å². The summed E-state index contributed by atoms with van der Waals surface area (Å²) in [5.74, 6) is -0.0305. The van der Waals surface area contributed by atoms with E-state index >= 15 is 0 Å². The number of methoxy groups -OCH3 is 1. The van der Waals surface area contributed by atoms with Crippen LogP contribution in [0.1, 0.15) is 32.1 Å². The molecule has 7 heteroatoms. The Labute approximate surface area is 182 Å². The molecule has 0 bridgehead atoms. The number of rotatable bonds is 11. The molecule has 0 spiro atoms. The fourth-order valence-corrected chi connectivity index (χ4v) is 3.77. The van der Waals surface area contributed by atoms with Crippen LogP contribution in [0.2, 0.25) is 5.02 Å². The van der Waals surface area contributed by atoms with E-state index in [1.54, 1.807) is 36.4 Å². The maximum absolute atomic E-state index is 11.1. The largest absolute Gasteiger partial charge is 0.491 e. The van der Waals surface area contributed by atoms with Gasteiger partial charge in [0.2, 0.25) is 0 Å². The first kappa shape index (κ1) is 24.4. The molecule has 0 saturated heterocycles. The van der Waals surface area contributed by atoms with Gasteiger partial charge in [-0.25, -0.2) is 0 Å². The standard InChI is InChI=1S/C23H31ClO6/c1-29-23(28)10-5-3-2-4-9-19-20(22(27)14-21(19)26)12-11-17(25)15-30-18-8-6-7-16(24)13-18/h2,4,6-8,11-13,17,19-22,25-27H,3,5,9-10,14-15H2,1H3/b4-2-,12-11+/t17?,19?,20-,21?,22?/m1/s1. The quantitative estimate of drug-likeness (QED) is 0.279. The normalized spacial score (nSPS) is 25.1. The van der Waals surface area contributed by atoms with Gasteiger partial charge in [0.15, 0.2) is 0 Å². The van der Waals surface area contributed by atoms with Gasteiger partial charge in [-0.3, -0.25) is 4.79 Å². The molecule has 4 unspecified atom stereocenters. The highest BCUT2D eigenvalue weighted by molar-refractivity contribution is 6.30. The van der Waals surface area contributed by atoms with Gasteiger partial charge in [-0.15, -0.1) is 0 Å². The maximum Gasteiger partial charge on any atom is 0.305 e. The number of ether oxygens (including phenoxy) is 2. The van der Waals surface area contributed by atoms with E-state index in [0.717, 1.165) is 6.42 Å². The molecule has 30 heavy (non-hydrogen) atoms. The number of carbonyl (C=O) groups is 1. The minimum absolute atomic E-state index is 0.0625. The van der Waals surface area contributed by atoms with Gasteiger partial charge < -0.3 is 24.8 Å². The summed E-state index contributed by atoms with van der Waals surface area (Å²) in [6, 6.07) is 6.94. The first-order valence-corrected chi connectivity index (χ1v) is 10.6. The van der Waals surface area contributed by atoms with Crippen LogP contribution in [0.4, 0.5) is 0 Å². The summed E-state index contributed by atoms with van der Waals surface area (Å²) >= 11 is 5.91. The van der Waals surface area contributed by atoms with Crippen molar-refractivity contribution >= 4 is 17.6 Å². The molecular formula is C23H31ClO6. The van der Waals surface area contributed by atoms with Gasteiger partial charge in [0.25, 0.3) is 0 Å². The summed E-state index contributed by atoms with van der Waals surface area (Å²) in [4.78, 5) is 11.1. The maximum atomic E-state index is 11.1. The minimum Gasteiger partial charge on any atom is -0.491 e. The van der Waals surface area contributed by atoms with Crippen molar-refractivity contribution in [3.05, 3.63) is 53.6 Å². The smallest absolute Gasteiger partial charge is 0.305 e. The molecular weight excluding hydrogens is 408 g/mol. The predicted octanol–water partition coefficient (Wildman–Crippen LogP) is 3.28. The van der Waals surface area contributed by atoms with Crippen LogP contribution in [-0.4, -0.2) is 53.3 Å². The van der Waals surface area contributed by atoms with Crippen molar-refractivity contribution in [2.75, 3.05) is 13.7 Å². The van der Waals surface area contributed by atoms with E-state index in [9.17, 15) is 20.1 Å². The van der Waals surface area contributed by atoms with E-state index in [0.29, 0.717) is 36.5 Å². The van der Waals surface area contributed by atoms with Crippen molar-refractivity contribution in [1.29, 1.82) is 0 Å². The van der Waals surface area contributed by atoms with Crippen LogP contribution in [0.15, 0.2) is 48.6 Å². The fraction of sp³-hybridized carbons (Fsp3) is 0.522. The summed E-state index contributed by atoms with van der Waals surface area (Å²) in [5.41, 5.74) is 0. The van der Waals surface area contributed by atoms with E-state index in [4.69, 9.17) is 16.3 Å². The Kier molecular flexibility index (Phi) is 10.4. The summed E-state index contributed by atoms with van der Waals surface area (Å²) in [5, 5.41) is 31.3. The third-order valence-electron chi connectivity index (χ3n) is 5.24. The summed E-state index contributed by atoms with van der Waals surface area (Å²) < 4.78 is 10.1. The van der Waals surface area contributed by atoms with E-state index in [2.05, 4.69) is 4.74 Å². The molecule has 0 heterocycles. The van der Waals surface area contributed by atoms with Crippen molar-refractivity contribution in [3.63, 3.8) is 0 Å².